The molecule has 1 aliphatic rings. The molecule has 1 unspecified atom stereocenters. The summed E-state index contributed by atoms with van der Waals surface area (Å²) in [5.41, 5.74) is 5.36. The Morgan fingerprint density at radius 1 is 1.50 bits per heavy atom. The normalized spacial score (nSPS) is 27.6. The van der Waals surface area contributed by atoms with Crippen LogP contribution in [0.15, 0.2) is 10.4 Å². The van der Waals surface area contributed by atoms with Gasteiger partial charge < -0.3 is 0 Å². The fourth-order valence-electron chi connectivity index (χ4n) is 0.386. The topological polar surface area (TPSA) is 83.2 Å². The summed E-state index contributed by atoms with van der Waals surface area (Å²) in [6, 6.07) is 0. The van der Waals surface area contributed by atoms with Crippen molar-refractivity contribution in [1.29, 1.82) is 0 Å². The molecule has 8 heavy (non-hydrogen) atoms. The van der Waals surface area contributed by atoms with Gasteiger partial charge in [0.25, 0.3) is 0 Å². The van der Waals surface area contributed by atoms with Gasteiger partial charge >= 0.3 is 0 Å². The molecule has 4 N–H and O–H groups in total. The van der Waals surface area contributed by atoms with E-state index in [-0.39, 0.29) is 0 Å². The molecule has 1 heterocycles. The predicted molar refractivity (Wildman–Crippen MR) is 26.6 cm³/mol. The Balaban J connectivity index is 2.55. The van der Waals surface area contributed by atoms with Crippen LogP contribution < -0.4 is 11.6 Å². The first kappa shape index (κ1) is 5.26. The van der Waals surface area contributed by atoms with E-state index in [9.17, 15) is 0 Å². The van der Waals surface area contributed by atoms with Gasteiger partial charge in [-0.1, -0.05) is 0 Å². The Morgan fingerprint density at radius 2 is 2.12 bits per heavy atom. The van der Waals surface area contributed by atoms with Gasteiger partial charge in [-0.15, -0.1) is 0 Å². The van der Waals surface area contributed by atoms with E-state index in [1.165, 1.54) is 5.01 Å². The Bertz CT molecular complexity index is 97.1. The zero-order valence-electron chi connectivity index (χ0n) is 4.52. The van der Waals surface area contributed by atoms with Crippen molar-refractivity contribution >= 4 is 0 Å². The third kappa shape index (κ3) is 0.592. The van der Waals surface area contributed by atoms with Crippen molar-refractivity contribution in [3.8, 4) is 0 Å². The zero-order valence-corrected chi connectivity index (χ0v) is 4.52. The highest BCUT2D eigenvalue weighted by Crippen LogP contribution is 2.02. The van der Waals surface area contributed by atoms with E-state index < -0.39 is 6.29 Å². The molecule has 6 heteroatoms. The zero-order chi connectivity index (χ0) is 6.15. The van der Waals surface area contributed by atoms with Gasteiger partial charge in [0.1, 0.15) is 0 Å². The highest BCUT2D eigenvalue weighted by molar-refractivity contribution is 4.53. The van der Waals surface area contributed by atoms with Crippen molar-refractivity contribution in [2.75, 3.05) is 7.05 Å². The van der Waals surface area contributed by atoms with Crippen LogP contribution in [0.3, 0.4) is 0 Å². The molecule has 0 aromatic carbocycles. The van der Waals surface area contributed by atoms with Crippen LogP contribution in [0.2, 0.25) is 0 Å². The second kappa shape index (κ2) is 1.57. The Kier molecular flexibility index (Phi) is 1.03. The molecule has 46 valence electrons. The molecule has 0 saturated heterocycles. The van der Waals surface area contributed by atoms with Gasteiger partial charge in [-0.3, -0.25) is 5.73 Å². The summed E-state index contributed by atoms with van der Waals surface area (Å²) in [5.74, 6) is 5.17. The van der Waals surface area contributed by atoms with Crippen LogP contribution in [0.25, 0.3) is 0 Å². The van der Waals surface area contributed by atoms with Gasteiger partial charge in [0.15, 0.2) is 0 Å². The number of hydrogen-bond donors (Lipinski definition) is 2. The molecule has 0 fully saturated rings. The molecule has 0 saturated carbocycles. The number of rotatable bonds is 0. The van der Waals surface area contributed by atoms with E-state index in [1.807, 2.05) is 0 Å². The monoisotopic (exact) mass is 116 g/mol. The maximum absolute atomic E-state index is 5.36. The van der Waals surface area contributed by atoms with Gasteiger partial charge in [-0.25, -0.2) is 10.9 Å². The molecule has 0 spiro atoms. The lowest BCUT2D eigenvalue weighted by atomic mass is 10.8. The highest BCUT2D eigenvalue weighted by atomic mass is 15.9. The third-order valence-electron chi connectivity index (χ3n) is 0.938. The lowest BCUT2D eigenvalue weighted by Gasteiger charge is -2.15. The molecule has 0 aromatic heterocycles. The quantitative estimate of drug-likeness (QED) is 0.382. The van der Waals surface area contributed by atoms with Crippen LogP contribution in [0.1, 0.15) is 0 Å². The molecule has 0 aromatic rings. The van der Waals surface area contributed by atoms with Crippen molar-refractivity contribution in [3.05, 3.63) is 0 Å². The van der Waals surface area contributed by atoms with Crippen LogP contribution in [0, 0.1) is 0 Å². The van der Waals surface area contributed by atoms with E-state index in [0.29, 0.717) is 0 Å². The van der Waals surface area contributed by atoms with Crippen molar-refractivity contribution in [2.24, 2.45) is 22.0 Å². The lowest BCUT2D eigenvalue weighted by molar-refractivity contribution is 0.136. The van der Waals surface area contributed by atoms with Crippen molar-refractivity contribution in [1.82, 2.24) is 10.1 Å². The maximum atomic E-state index is 5.36. The summed E-state index contributed by atoms with van der Waals surface area (Å²) >= 11 is 0. The number of nitrogens with zero attached hydrogens (tertiary/aromatic N) is 4. The smallest absolute Gasteiger partial charge is 0.204 e. The predicted octanol–water partition coefficient (Wildman–Crippen LogP) is -1.37. The summed E-state index contributed by atoms with van der Waals surface area (Å²) in [7, 11) is 1.70. The van der Waals surface area contributed by atoms with E-state index in [0.717, 1.165) is 5.12 Å². The Hall–Kier alpha value is -0.880. The van der Waals surface area contributed by atoms with Crippen LogP contribution in [-0.2, 0) is 0 Å². The summed E-state index contributed by atoms with van der Waals surface area (Å²) in [4.78, 5) is 0. The standard InChI is InChI=1S/C2H8N6/c1-7-2(3)8(4)6-5-7/h2H,3-4H2,1H3. The van der Waals surface area contributed by atoms with Crippen molar-refractivity contribution < 1.29 is 0 Å². The average Bonchev–Trinajstić information content (AvgIpc) is 1.98. The second-order valence-corrected chi connectivity index (χ2v) is 1.55. The molecule has 1 rings (SSSR count). The average molecular weight is 116 g/mol. The molecule has 0 aliphatic carbocycles. The van der Waals surface area contributed by atoms with Crippen molar-refractivity contribution in [2.45, 2.75) is 6.29 Å². The summed E-state index contributed by atoms with van der Waals surface area (Å²) < 4.78 is 0. The largest absolute Gasteiger partial charge is 0.290 e. The fourth-order valence-corrected chi connectivity index (χ4v) is 0.386. The molecule has 0 bridgehead atoms. The summed E-state index contributed by atoms with van der Waals surface area (Å²) in [6.07, 6.45) is -0.407. The number of hydrazine groups is 1. The van der Waals surface area contributed by atoms with Gasteiger partial charge in [0, 0.05) is 7.05 Å². The van der Waals surface area contributed by atoms with E-state index in [4.69, 9.17) is 11.6 Å². The van der Waals surface area contributed by atoms with Crippen LogP contribution >= 0.6 is 0 Å². The summed E-state index contributed by atoms with van der Waals surface area (Å²) in [6.45, 7) is 0. The Morgan fingerprint density at radius 3 is 2.25 bits per heavy atom. The van der Waals surface area contributed by atoms with Gasteiger partial charge in [-0.05, 0) is 10.4 Å². The SMILES string of the molecule is CN1N=NN(N)C1N. The highest BCUT2D eigenvalue weighted by Gasteiger charge is 2.18. The molecule has 0 radical (unpaired) electrons. The first-order chi connectivity index (χ1) is 3.72. The molecular weight excluding hydrogens is 108 g/mol. The van der Waals surface area contributed by atoms with Gasteiger partial charge in [0.2, 0.25) is 6.29 Å². The minimum atomic E-state index is -0.407. The number of nitrogens with two attached hydrogens (primary N) is 2. The first-order valence-corrected chi connectivity index (χ1v) is 2.16. The van der Waals surface area contributed by atoms with E-state index in [2.05, 4.69) is 10.4 Å². The molecule has 6 nitrogen and oxygen atoms in total. The Labute approximate surface area is 46.7 Å². The third-order valence-corrected chi connectivity index (χ3v) is 0.938. The molecular formula is C2H8N6. The first-order valence-electron chi connectivity index (χ1n) is 2.16. The van der Waals surface area contributed by atoms with Crippen LogP contribution in [-0.4, -0.2) is 23.5 Å². The van der Waals surface area contributed by atoms with E-state index >= 15 is 0 Å². The van der Waals surface area contributed by atoms with Crippen LogP contribution in [0.5, 0.6) is 0 Å². The lowest BCUT2D eigenvalue weighted by Crippen LogP contribution is -2.47. The second-order valence-electron chi connectivity index (χ2n) is 1.55. The van der Waals surface area contributed by atoms with Gasteiger partial charge in [-0.2, -0.15) is 5.12 Å². The molecule has 1 atom stereocenters. The molecule has 1 aliphatic heterocycles. The maximum Gasteiger partial charge on any atom is 0.204 e. The molecule has 0 amide bonds. The number of hydrogen-bond acceptors (Lipinski definition) is 6. The fraction of sp³-hybridized carbons (Fsp3) is 1.00. The van der Waals surface area contributed by atoms with Crippen LogP contribution in [0.4, 0.5) is 0 Å². The minimum Gasteiger partial charge on any atom is -0.290 e. The minimum absolute atomic E-state index is 0.407. The van der Waals surface area contributed by atoms with E-state index in [1.54, 1.807) is 7.05 Å². The summed E-state index contributed by atoms with van der Waals surface area (Å²) in [5, 5.41) is 9.51. The van der Waals surface area contributed by atoms with Crippen molar-refractivity contribution in [3.63, 3.8) is 0 Å². The van der Waals surface area contributed by atoms with Gasteiger partial charge in [0.05, 0.1) is 0 Å².